The van der Waals surface area contributed by atoms with E-state index in [-0.39, 0.29) is 5.91 Å². The van der Waals surface area contributed by atoms with Crippen LogP contribution in [-0.2, 0) is 9.53 Å². The number of benzene rings is 1. The first-order chi connectivity index (χ1) is 10.3. The Balaban J connectivity index is 1.60. The van der Waals surface area contributed by atoms with Gasteiger partial charge in [-0.15, -0.1) is 0 Å². The second-order valence-electron chi connectivity index (χ2n) is 5.54. The Morgan fingerprint density at radius 3 is 3.00 bits per heavy atom. The SMILES string of the molecule is CCCCOCCCNC(=O)CC1CNc2ccccc21. The maximum absolute atomic E-state index is 12.0. The molecule has 1 aromatic carbocycles. The molecule has 4 heteroatoms. The quantitative estimate of drug-likeness (QED) is 0.688. The van der Waals surface area contributed by atoms with Gasteiger partial charge in [0, 0.05) is 44.3 Å². The lowest BCUT2D eigenvalue weighted by Crippen LogP contribution is -2.27. The molecule has 0 bridgehead atoms. The van der Waals surface area contributed by atoms with Crippen LogP contribution >= 0.6 is 0 Å². The molecule has 0 saturated carbocycles. The summed E-state index contributed by atoms with van der Waals surface area (Å²) in [5.74, 6) is 0.425. The molecule has 1 aromatic rings. The van der Waals surface area contributed by atoms with Crippen molar-refractivity contribution in [2.24, 2.45) is 0 Å². The number of unbranched alkanes of at least 4 members (excludes halogenated alkanes) is 1. The minimum Gasteiger partial charge on any atom is -0.384 e. The van der Waals surface area contributed by atoms with Crippen molar-refractivity contribution in [1.82, 2.24) is 5.32 Å². The molecular formula is C17H26N2O2. The van der Waals surface area contributed by atoms with Crippen molar-refractivity contribution >= 4 is 11.6 Å². The van der Waals surface area contributed by atoms with Crippen molar-refractivity contribution in [3.8, 4) is 0 Å². The highest BCUT2D eigenvalue weighted by molar-refractivity contribution is 5.78. The fourth-order valence-corrected chi connectivity index (χ4v) is 2.59. The molecule has 116 valence electrons. The molecule has 0 aromatic heterocycles. The molecule has 0 radical (unpaired) electrons. The Morgan fingerprint density at radius 1 is 1.33 bits per heavy atom. The zero-order valence-corrected chi connectivity index (χ0v) is 12.9. The maximum atomic E-state index is 12.0. The van der Waals surface area contributed by atoms with E-state index in [0.717, 1.165) is 39.0 Å². The Hall–Kier alpha value is -1.55. The van der Waals surface area contributed by atoms with Crippen molar-refractivity contribution in [3.05, 3.63) is 29.8 Å². The minimum atomic E-state index is 0.132. The summed E-state index contributed by atoms with van der Waals surface area (Å²) in [5, 5.41) is 6.34. The summed E-state index contributed by atoms with van der Waals surface area (Å²) in [7, 11) is 0. The van der Waals surface area contributed by atoms with Gasteiger partial charge in [0.1, 0.15) is 0 Å². The Labute approximate surface area is 127 Å². The van der Waals surface area contributed by atoms with Crippen LogP contribution in [0.2, 0.25) is 0 Å². The summed E-state index contributed by atoms with van der Waals surface area (Å²) in [6, 6.07) is 8.23. The van der Waals surface area contributed by atoms with Crippen LogP contribution in [0.5, 0.6) is 0 Å². The second-order valence-corrected chi connectivity index (χ2v) is 5.54. The second kappa shape index (κ2) is 8.67. The van der Waals surface area contributed by atoms with Crippen LogP contribution in [0.4, 0.5) is 5.69 Å². The molecular weight excluding hydrogens is 264 g/mol. The maximum Gasteiger partial charge on any atom is 0.220 e. The first-order valence-electron chi connectivity index (χ1n) is 7.98. The molecule has 1 unspecified atom stereocenters. The first kappa shape index (κ1) is 15.8. The number of amides is 1. The summed E-state index contributed by atoms with van der Waals surface area (Å²) < 4.78 is 5.47. The topological polar surface area (TPSA) is 50.4 Å². The molecule has 1 heterocycles. The van der Waals surface area contributed by atoms with Crippen molar-refractivity contribution in [2.75, 3.05) is 31.6 Å². The highest BCUT2D eigenvalue weighted by Gasteiger charge is 2.23. The minimum absolute atomic E-state index is 0.132. The van der Waals surface area contributed by atoms with E-state index in [4.69, 9.17) is 4.74 Å². The fraction of sp³-hybridized carbons (Fsp3) is 0.588. The molecule has 0 fully saturated rings. The molecule has 1 aliphatic rings. The van der Waals surface area contributed by atoms with E-state index in [9.17, 15) is 4.79 Å². The number of fused-ring (bicyclic) bond motifs is 1. The summed E-state index contributed by atoms with van der Waals surface area (Å²) in [6.07, 6.45) is 3.71. The molecule has 4 nitrogen and oxygen atoms in total. The summed E-state index contributed by atoms with van der Waals surface area (Å²) in [6.45, 7) is 5.27. The Bertz CT molecular complexity index is 448. The first-order valence-corrected chi connectivity index (χ1v) is 7.98. The van der Waals surface area contributed by atoms with Crippen molar-refractivity contribution in [2.45, 2.75) is 38.5 Å². The normalized spacial score (nSPS) is 16.3. The molecule has 1 atom stereocenters. The fourth-order valence-electron chi connectivity index (χ4n) is 2.59. The van der Waals surface area contributed by atoms with Gasteiger partial charge in [-0.1, -0.05) is 31.5 Å². The molecule has 21 heavy (non-hydrogen) atoms. The number of carbonyl (C=O) groups excluding carboxylic acids is 1. The van der Waals surface area contributed by atoms with Gasteiger partial charge in [0.05, 0.1) is 0 Å². The van der Waals surface area contributed by atoms with E-state index in [1.165, 1.54) is 11.3 Å². The number of carbonyl (C=O) groups is 1. The van der Waals surface area contributed by atoms with E-state index in [1.807, 2.05) is 12.1 Å². The molecule has 0 saturated heterocycles. The predicted octanol–water partition coefficient (Wildman–Crippen LogP) is 2.91. The molecule has 1 amide bonds. The van der Waals surface area contributed by atoms with Crippen LogP contribution in [-0.4, -0.2) is 32.2 Å². The smallest absolute Gasteiger partial charge is 0.220 e. The summed E-state index contributed by atoms with van der Waals surface area (Å²) >= 11 is 0. The molecule has 0 aliphatic carbocycles. The lowest BCUT2D eigenvalue weighted by molar-refractivity contribution is -0.121. The van der Waals surface area contributed by atoms with Gasteiger partial charge in [-0.25, -0.2) is 0 Å². The van der Waals surface area contributed by atoms with E-state index >= 15 is 0 Å². The van der Waals surface area contributed by atoms with E-state index < -0.39 is 0 Å². The third-order valence-electron chi connectivity index (χ3n) is 3.80. The highest BCUT2D eigenvalue weighted by Crippen LogP contribution is 2.32. The van der Waals surface area contributed by atoms with E-state index in [2.05, 4.69) is 29.7 Å². The van der Waals surface area contributed by atoms with Crippen molar-refractivity contribution in [1.29, 1.82) is 0 Å². The zero-order chi connectivity index (χ0) is 14.9. The lowest BCUT2D eigenvalue weighted by atomic mass is 9.97. The third-order valence-corrected chi connectivity index (χ3v) is 3.80. The number of rotatable bonds is 9. The largest absolute Gasteiger partial charge is 0.384 e. The van der Waals surface area contributed by atoms with Gasteiger partial charge < -0.3 is 15.4 Å². The molecule has 0 spiro atoms. The number of nitrogens with one attached hydrogen (secondary N) is 2. The van der Waals surface area contributed by atoms with E-state index in [0.29, 0.717) is 18.9 Å². The monoisotopic (exact) mass is 290 g/mol. The van der Waals surface area contributed by atoms with Gasteiger partial charge in [-0.3, -0.25) is 4.79 Å². The molecule has 2 rings (SSSR count). The molecule has 2 N–H and O–H groups in total. The van der Waals surface area contributed by atoms with Crippen LogP contribution in [0, 0.1) is 0 Å². The number of ether oxygens (including phenoxy) is 1. The van der Waals surface area contributed by atoms with Gasteiger partial charge in [-0.2, -0.15) is 0 Å². The standard InChI is InChI=1S/C17H26N2O2/c1-2-3-10-21-11-6-9-18-17(20)12-14-13-19-16-8-5-4-7-15(14)16/h4-5,7-8,14,19H,2-3,6,9-13H2,1H3,(H,18,20). The van der Waals surface area contributed by atoms with Gasteiger partial charge in [-0.05, 0) is 24.5 Å². The average molecular weight is 290 g/mol. The Morgan fingerprint density at radius 2 is 2.14 bits per heavy atom. The van der Waals surface area contributed by atoms with E-state index in [1.54, 1.807) is 0 Å². The number of para-hydroxylation sites is 1. The Kier molecular flexibility index (Phi) is 6.54. The van der Waals surface area contributed by atoms with Crippen molar-refractivity contribution < 1.29 is 9.53 Å². The van der Waals surface area contributed by atoms with Crippen LogP contribution in [0.3, 0.4) is 0 Å². The zero-order valence-electron chi connectivity index (χ0n) is 12.9. The van der Waals surface area contributed by atoms with Gasteiger partial charge in [0.15, 0.2) is 0 Å². The van der Waals surface area contributed by atoms with Crippen LogP contribution in [0.25, 0.3) is 0 Å². The van der Waals surface area contributed by atoms with Gasteiger partial charge in [0.25, 0.3) is 0 Å². The van der Waals surface area contributed by atoms with Gasteiger partial charge in [0.2, 0.25) is 5.91 Å². The summed E-state index contributed by atoms with van der Waals surface area (Å²) in [5.41, 5.74) is 2.43. The summed E-state index contributed by atoms with van der Waals surface area (Å²) in [4.78, 5) is 12.0. The number of hydrogen-bond donors (Lipinski definition) is 2. The predicted molar refractivity (Wildman–Crippen MR) is 85.6 cm³/mol. The lowest BCUT2D eigenvalue weighted by Gasteiger charge is -2.10. The third kappa shape index (κ3) is 5.05. The number of anilines is 1. The van der Waals surface area contributed by atoms with Crippen LogP contribution in [0.15, 0.2) is 24.3 Å². The average Bonchev–Trinajstić information content (AvgIpc) is 2.90. The van der Waals surface area contributed by atoms with Crippen LogP contribution < -0.4 is 10.6 Å². The molecule has 1 aliphatic heterocycles. The van der Waals surface area contributed by atoms with Crippen molar-refractivity contribution in [3.63, 3.8) is 0 Å². The van der Waals surface area contributed by atoms with Gasteiger partial charge >= 0.3 is 0 Å². The highest BCUT2D eigenvalue weighted by atomic mass is 16.5. The number of hydrogen-bond acceptors (Lipinski definition) is 3. The van der Waals surface area contributed by atoms with Crippen LogP contribution in [0.1, 0.15) is 44.1 Å².